The number of benzene rings is 1. The van der Waals surface area contributed by atoms with Crippen molar-refractivity contribution in [3.63, 3.8) is 0 Å². The SMILES string of the molecule is O=C(C[C@@H]1Sc2ccccc2NC1=O)Nc1ccnc2ccnn12. The van der Waals surface area contributed by atoms with Gasteiger partial charge in [-0.05, 0) is 18.2 Å². The Morgan fingerprint density at radius 3 is 3.04 bits per heavy atom. The smallest absolute Gasteiger partial charge is 0.238 e. The Balaban J connectivity index is 1.49. The van der Waals surface area contributed by atoms with Crippen molar-refractivity contribution in [3.05, 3.63) is 48.8 Å². The molecule has 120 valence electrons. The van der Waals surface area contributed by atoms with E-state index in [1.54, 1.807) is 29.0 Å². The number of anilines is 2. The molecule has 0 bridgehead atoms. The van der Waals surface area contributed by atoms with E-state index in [0.717, 1.165) is 10.6 Å². The number of amides is 2. The minimum atomic E-state index is -0.463. The number of thioether (sulfide) groups is 1. The number of aromatic nitrogens is 3. The highest BCUT2D eigenvalue weighted by Crippen LogP contribution is 2.36. The predicted molar refractivity (Wildman–Crippen MR) is 91.0 cm³/mol. The largest absolute Gasteiger partial charge is 0.324 e. The summed E-state index contributed by atoms with van der Waals surface area (Å²) in [7, 11) is 0. The quantitative estimate of drug-likeness (QED) is 0.763. The monoisotopic (exact) mass is 339 g/mol. The van der Waals surface area contributed by atoms with E-state index in [4.69, 9.17) is 0 Å². The van der Waals surface area contributed by atoms with Crippen LogP contribution in [-0.2, 0) is 9.59 Å². The molecule has 3 aromatic rings. The molecular weight excluding hydrogens is 326 g/mol. The zero-order valence-corrected chi connectivity index (χ0v) is 13.3. The lowest BCUT2D eigenvalue weighted by atomic mass is 10.2. The number of rotatable bonds is 3. The van der Waals surface area contributed by atoms with Crippen LogP contribution in [0.5, 0.6) is 0 Å². The van der Waals surface area contributed by atoms with Crippen LogP contribution in [0.2, 0.25) is 0 Å². The van der Waals surface area contributed by atoms with Crippen LogP contribution < -0.4 is 10.6 Å². The molecule has 1 atom stereocenters. The molecule has 24 heavy (non-hydrogen) atoms. The first-order valence-corrected chi connectivity index (χ1v) is 8.24. The number of hydrogen-bond acceptors (Lipinski definition) is 5. The molecule has 0 unspecified atom stereocenters. The second-order valence-corrected chi connectivity index (χ2v) is 6.52. The molecule has 2 aromatic heterocycles. The maximum atomic E-state index is 12.3. The minimum Gasteiger partial charge on any atom is -0.324 e. The summed E-state index contributed by atoms with van der Waals surface area (Å²) < 4.78 is 1.54. The fourth-order valence-corrected chi connectivity index (χ4v) is 3.63. The predicted octanol–water partition coefficient (Wildman–Crippen LogP) is 2.17. The second-order valence-electron chi connectivity index (χ2n) is 5.28. The zero-order chi connectivity index (χ0) is 16.5. The Bertz CT molecular complexity index is 939. The van der Waals surface area contributed by atoms with E-state index in [0.29, 0.717) is 11.5 Å². The lowest BCUT2D eigenvalue weighted by Gasteiger charge is -2.23. The average molecular weight is 339 g/mol. The van der Waals surface area contributed by atoms with Gasteiger partial charge in [0.2, 0.25) is 11.8 Å². The summed E-state index contributed by atoms with van der Waals surface area (Å²) in [6.07, 6.45) is 3.29. The number of carbonyl (C=O) groups is 2. The first-order valence-electron chi connectivity index (χ1n) is 7.36. The molecule has 0 aliphatic carbocycles. The van der Waals surface area contributed by atoms with Crippen molar-refractivity contribution in [1.82, 2.24) is 14.6 Å². The highest BCUT2D eigenvalue weighted by Gasteiger charge is 2.28. The molecule has 4 rings (SSSR count). The van der Waals surface area contributed by atoms with Crippen LogP contribution in [-0.4, -0.2) is 31.7 Å². The Morgan fingerprint density at radius 2 is 2.12 bits per heavy atom. The van der Waals surface area contributed by atoms with Crippen molar-refractivity contribution in [3.8, 4) is 0 Å². The number of carbonyl (C=O) groups excluding carboxylic acids is 2. The first kappa shape index (κ1) is 14.7. The zero-order valence-electron chi connectivity index (χ0n) is 12.5. The van der Waals surface area contributed by atoms with Crippen molar-refractivity contribution >= 4 is 40.7 Å². The van der Waals surface area contributed by atoms with E-state index in [9.17, 15) is 9.59 Å². The lowest BCUT2D eigenvalue weighted by Crippen LogP contribution is -2.32. The van der Waals surface area contributed by atoms with Gasteiger partial charge in [-0.15, -0.1) is 11.8 Å². The maximum Gasteiger partial charge on any atom is 0.238 e. The second kappa shape index (κ2) is 5.97. The van der Waals surface area contributed by atoms with Crippen LogP contribution in [0, 0.1) is 0 Å². The molecule has 2 amide bonds. The molecule has 0 spiro atoms. The van der Waals surface area contributed by atoms with Gasteiger partial charge in [-0.3, -0.25) is 9.59 Å². The van der Waals surface area contributed by atoms with Gasteiger partial charge < -0.3 is 10.6 Å². The van der Waals surface area contributed by atoms with Crippen LogP contribution in [0.1, 0.15) is 6.42 Å². The van der Waals surface area contributed by atoms with E-state index in [1.165, 1.54) is 11.8 Å². The number of nitrogens with zero attached hydrogens (tertiary/aromatic N) is 3. The summed E-state index contributed by atoms with van der Waals surface area (Å²) in [4.78, 5) is 29.6. The Kier molecular flexibility index (Phi) is 3.66. The summed E-state index contributed by atoms with van der Waals surface area (Å²) in [5.74, 6) is 0.120. The highest BCUT2D eigenvalue weighted by molar-refractivity contribution is 8.01. The average Bonchev–Trinajstić information content (AvgIpc) is 3.05. The third-order valence-electron chi connectivity index (χ3n) is 3.64. The van der Waals surface area contributed by atoms with Crippen molar-refractivity contribution in [2.75, 3.05) is 10.6 Å². The molecule has 1 aromatic carbocycles. The van der Waals surface area contributed by atoms with Gasteiger partial charge >= 0.3 is 0 Å². The van der Waals surface area contributed by atoms with Gasteiger partial charge in [0.1, 0.15) is 5.82 Å². The lowest BCUT2D eigenvalue weighted by molar-refractivity contribution is -0.120. The maximum absolute atomic E-state index is 12.3. The molecule has 3 heterocycles. The van der Waals surface area contributed by atoms with E-state index in [1.807, 2.05) is 24.3 Å². The van der Waals surface area contributed by atoms with Gasteiger partial charge in [0.15, 0.2) is 5.65 Å². The number of fused-ring (bicyclic) bond motifs is 2. The van der Waals surface area contributed by atoms with Crippen LogP contribution >= 0.6 is 11.8 Å². The van der Waals surface area contributed by atoms with Crippen molar-refractivity contribution < 1.29 is 9.59 Å². The molecule has 2 N–H and O–H groups in total. The van der Waals surface area contributed by atoms with Crippen LogP contribution in [0.4, 0.5) is 11.5 Å². The highest BCUT2D eigenvalue weighted by atomic mass is 32.2. The van der Waals surface area contributed by atoms with Crippen molar-refractivity contribution in [1.29, 1.82) is 0 Å². The molecule has 0 radical (unpaired) electrons. The van der Waals surface area contributed by atoms with Gasteiger partial charge in [-0.25, -0.2) is 4.98 Å². The standard InChI is InChI=1S/C16H13N5O2S/c22-15(20-14-5-7-17-13-6-8-18-21(13)14)9-12-16(23)19-10-3-1-2-4-11(10)24-12/h1-8,12H,9H2,(H,19,23)(H,20,22)/t12-/m0/s1. The molecule has 7 nitrogen and oxygen atoms in total. The van der Waals surface area contributed by atoms with E-state index < -0.39 is 5.25 Å². The minimum absolute atomic E-state index is 0.0793. The molecule has 0 saturated heterocycles. The topological polar surface area (TPSA) is 88.4 Å². The number of para-hydroxylation sites is 1. The van der Waals surface area contributed by atoms with Crippen LogP contribution in [0.15, 0.2) is 53.7 Å². The Hall–Kier alpha value is -2.87. The number of hydrogen-bond donors (Lipinski definition) is 2. The number of nitrogens with one attached hydrogen (secondary N) is 2. The van der Waals surface area contributed by atoms with Gasteiger partial charge in [-0.2, -0.15) is 9.61 Å². The Labute approximate surface area is 141 Å². The summed E-state index contributed by atoms with van der Waals surface area (Å²) in [5.41, 5.74) is 1.43. The fourth-order valence-electron chi connectivity index (χ4n) is 2.52. The van der Waals surface area contributed by atoms with Crippen LogP contribution in [0.3, 0.4) is 0 Å². The van der Waals surface area contributed by atoms with Gasteiger partial charge in [0.05, 0.1) is 17.1 Å². The van der Waals surface area contributed by atoms with Crippen molar-refractivity contribution in [2.24, 2.45) is 0 Å². The van der Waals surface area contributed by atoms with Gasteiger partial charge in [0, 0.05) is 23.6 Å². The van der Waals surface area contributed by atoms with Crippen molar-refractivity contribution in [2.45, 2.75) is 16.6 Å². The molecule has 0 saturated carbocycles. The van der Waals surface area contributed by atoms with E-state index in [-0.39, 0.29) is 18.2 Å². The van der Waals surface area contributed by atoms with Gasteiger partial charge in [0.25, 0.3) is 0 Å². The van der Waals surface area contributed by atoms with Gasteiger partial charge in [-0.1, -0.05) is 12.1 Å². The third kappa shape index (κ3) is 2.71. The van der Waals surface area contributed by atoms with E-state index >= 15 is 0 Å². The summed E-state index contributed by atoms with van der Waals surface area (Å²) in [6.45, 7) is 0. The summed E-state index contributed by atoms with van der Waals surface area (Å²) >= 11 is 1.40. The molecular formula is C16H13N5O2S. The summed E-state index contributed by atoms with van der Waals surface area (Å²) in [5, 5.41) is 9.28. The molecule has 0 fully saturated rings. The Morgan fingerprint density at radius 1 is 1.25 bits per heavy atom. The first-order chi connectivity index (χ1) is 11.7. The normalized spacial score (nSPS) is 16.5. The molecule has 1 aliphatic rings. The van der Waals surface area contributed by atoms with Crippen LogP contribution in [0.25, 0.3) is 5.65 Å². The third-order valence-corrected chi connectivity index (χ3v) is 4.91. The van der Waals surface area contributed by atoms with E-state index in [2.05, 4.69) is 20.7 Å². The summed E-state index contributed by atoms with van der Waals surface area (Å²) in [6, 6.07) is 11.0. The molecule has 1 aliphatic heterocycles. The molecule has 8 heteroatoms. The fraction of sp³-hybridized carbons (Fsp3) is 0.125.